The van der Waals surface area contributed by atoms with E-state index in [1.807, 2.05) is 24.3 Å². The Morgan fingerprint density at radius 1 is 0.750 bits per heavy atom. The quantitative estimate of drug-likeness (QED) is 0.497. The smallest absolute Gasteiger partial charge is 0.120 e. The van der Waals surface area contributed by atoms with Gasteiger partial charge in [-0.15, -0.1) is 0 Å². The summed E-state index contributed by atoms with van der Waals surface area (Å²) in [6, 6.07) is 27.6. The van der Waals surface area contributed by atoms with E-state index in [-0.39, 0.29) is 5.41 Å². The third-order valence-corrected chi connectivity index (χ3v) is 4.89. The second-order valence-corrected chi connectivity index (χ2v) is 8.30. The normalized spacial score (nSPS) is 11.4. The second-order valence-electron chi connectivity index (χ2n) is 8.30. The van der Waals surface area contributed by atoms with Crippen LogP contribution in [-0.2, 0) is 25.0 Å². The second kappa shape index (κ2) is 9.57. The van der Waals surface area contributed by atoms with Gasteiger partial charge in [0.25, 0.3) is 0 Å². The van der Waals surface area contributed by atoms with Crippen LogP contribution >= 0.6 is 0 Å². The molecule has 28 heavy (non-hydrogen) atoms. The van der Waals surface area contributed by atoms with Crippen LogP contribution in [0.4, 0.5) is 0 Å². The molecule has 2 nitrogen and oxygen atoms in total. The van der Waals surface area contributed by atoms with E-state index in [0.717, 1.165) is 25.3 Å². The minimum Gasteiger partial charge on any atom is -0.489 e. The fraction of sp³-hybridized carbons (Fsp3) is 0.308. The maximum Gasteiger partial charge on any atom is 0.120 e. The van der Waals surface area contributed by atoms with Gasteiger partial charge in [0.1, 0.15) is 12.4 Å². The Morgan fingerprint density at radius 2 is 1.46 bits per heavy atom. The zero-order valence-corrected chi connectivity index (χ0v) is 17.2. The molecule has 0 aliphatic heterocycles. The molecule has 0 heterocycles. The van der Waals surface area contributed by atoms with Gasteiger partial charge in [-0.3, -0.25) is 0 Å². The predicted octanol–water partition coefficient (Wildman–Crippen LogP) is 5.90. The van der Waals surface area contributed by atoms with Crippen LogP contribution in [0.2, 0.25) is 0 Å². The van der Waals surface area contributed by atoms with E-state index in [1.54, 1.807) is 0 Å². The van der Waals surface area contributed by atoms with Crippen molar-refractivity contribution in [2.24, 2.45) is 0 Å². The van der Waals surface area contributed by atoms with Crippen LogP contribution in [0.15, 0.2) is 78.9 Å². The Hall–Kier alpha value is -2.58. The number of ether oxygens (including phenoxy) is 1. The molecule has 0 amide bonds. The summed E-state index contributed by atoms with van der Waals surface area (Å²) in [5.41, 5.74) is 5.39. The van der Waals surface area contributed by atoms with Gasteiger partial charge in [-0.1, -0.05) is 87.5 Å². The molecule has 0 bridgehead atoms. The number of benzene rings is 3. The topological polar surface area (TPSA) is 21.3 Å². The first-order valence-corrected chi connectivity index (χ1v) is 10.1. The highest BCUT2D eigenvalue weighted by Gasteiger charge is 2.12. The van der Waals surface area contributed by atoms with Gasteiger partial charge >= 0.3 is 0 Å². The molecule has 1 N–H and O–H groups in total. The Bertz CT molecular complexity index is 848. The number of nitrogens with one attached hydrogen (secondary N) is 1. The molecule has 0 aliphatic rings. The summed E-state index contributed by atoms with van der Waals surface area (Å²) < 4.78 is 5.93. The fourth-order valence-corrected chi connectivity index (χ4v) is 3.12. The summed E-state index contributed by atoms with van der Waals surface area (Å²) in [7, 11) is 0. The summed E-state index contributed by atoms with van der Waals surface area (Å²) in [6.45, 7) is 9.19. The van der Waals surface area contributed by atoms with E-state index in [0.29, 0.717) is 6.61 Å². The molecule has 146 valence electrons. The van der Waals surface area contributed by atoms with Crippen LogP contribution < -0.4 is 10.1 Å². The minimum atomic E-state index is 0.208. The molecule has 0 atom stereocenters. The predicted molar refractivity (Wildman–Crippen MR) is 118 cm³/mol. The van der Waals surface area contributed by atoms with Crippen molar-refractivity contribution in [3.8, 4) is 5.75 Å². The molecule has 0 saturated carbocycles. The maximum atomic E-state index is 5.93. The first-order valence-electron chi connectivity index (χ1n) is 10.1. The molecule has 0 fully saturated rings. The molecule has 0 aliphatic carbocycles. The number of hydrogen-bond acceptors (Lipinski definition) is 2. The lowest BCUT2D eigenvalue weighted by Gasteiger charge is -2.19. The summed E-state index contributed by atoms with van der Waals surface area (Å²) in [6.07, 6.45) is 0.989. The summed E-state index contributed by atoms with van der Waals surface area (Å²) in [5.74, 6) is 0.930. The molecule has 3 aromatic carbocycles. The molecule has 2 heteroatoms. The van der Waals surface area contributed by atoms with Crippen LogP contribution in [0.5, 0.6) is 5.75 Å². The lowest BCUT2D eigenvalue weighted by Crippen LogP contribution is -2.17. The van der Waals surface area contributed by atoms with Gasteiger partial charge in [-0.05, 0) is 52.8 Å². The standard InChI is InChI=1S/C26H31NO/c1-26(2,3)24-14-12-22(13-15-24)19-27-17-16-21-10-7-11-25(18-21)28-20-23-8-5-4-6-9-23/h4-15,18,27H,16-17,19-20H2,1-3H3. The highest BCUT2D eigenvalue weighted by molar-refractivity contribution is 5.30. The van der Waals surface area contributed by atoms with Crippen molar-refractivity contribution >= 4 is 0 Å². The molecule has 0 radical (unpaired) electrons. The Kier molecular flexibility index (Phi) is 6.89. The van der Waals surface area contributed by atoms with Crippen LogP contribution in [-0.4, -0.2) is 6.54 Å². The van der Waals surface area contributed by atoms with Crippen molar-refractivity contribution in [1.29, 1.82) is 0 Å². The lowest BCUT2D eigenvalue weighted by atomic mass is 9.87. The van der Waals surface area contributed by atoms with E-state index in [9.17, 15) is 0 Å². The molecular formula is C26H31NO. The van der Waals surface area contributed by atoms with Gasteiger partial charge < -0.3 is 10.1 Å². The first-order chi connectivity index (χ1) is 13.5. The first kappa shape index (κ1) is 20.2. The van der Waals surface area contributed by atoms with Crippen LogP contribution in [0, 0.1) is 0 Å². The van der Waals surface area contributed by atoms with Gasteiger partial charge in [0.15, 0.2) is 0 Å². The van der Waals surface area contributed by atoms with Crippen LogP contribution in [0.1, 0.15) is 43.0 Å². The summed E-state index contributed by atoms with van der Waals surface area (Å²) in [5, 5.41) is 3.54. The third-order valence-electron chi connectivity index (χ3n) is 4.89. The minimum absolute atomic E-state index is 0.208. The van der Waals surface area contributed by atoms with E-state index < -0.39 is 0 Å². The molecule has 0 aromatic heterocycles. The molecule has 3 rings (SSSR count). The fourth-order valence-electron chi connectivity index (χ4n) is 3.12. The van der Waals surface area contributed by atoms with Crippen molar-refractivity contribution in [3.05, 3.63) is 101 Å². The molecule has 0 unspecified atom stereocenters. The van der Waals surface area contributed by atoms with Gasteiger partial charge in [0.05, 0.1) is 0 Å². The monoisotopic (exact) mass is 373 g/mol. The SMILES string of the molecule is CC(C)(C)c1ccc(CNCCc2cccc(OCc3ccccc3)c2)cc1. The van der Waals surface area contributed by atoms with E-state index in [4.69, 9.17) is 4.74 Å². The van der Waals surface area contributed by atoms with Crippen molar-refractivity contribution in [1.82, 2.24) is 5.32 Å². The zero-order chi connectivity index (χ0) is 19.8. The van der Waals surface area contributed by atoms with Crippen LogP contribution in [0.3, 0.4) is 0 Å². The van der Waals surface area contributed by atoms with Gasteiger partial charge in [-0.25, -0.2) is 0 Å². The van der Waals surface area contributed by atoms with Gasteiger partial charge in [0, 0.05) is 6.54 Å². The van der Waals surface area contributed by atoms with Crippen molar-refractivity contribution in [2.45, 2.75) is 45.8 Å². The average molecular weight is 374 g/mol. The third kappa shape index (κ3) is 6.24. The Morgan fingerprint density at radius 3 is 2.18 bits per heavy atom. The highest BCUT2D eigenvalue weighted by atomic mass is 16.5. The maximum absolute atomic E-state index is 5.93. The molecular weight excluding hydrogens is 342 g/mol. The number of hydrogen-bond donors (Lipinski definition) is 1. The average Bonchev–Trinajstić information content (AvgIpc) is 2.70. The van der Waals surface area contributed by atoms with Gasteiger partial charge in [0.2, 0.25) is 0 Å². The molecule has 3 aromatic rings. The zero-order valence-electron chi connectivity index (χ0n) is 17.2. The summed E-state index contributed by atoms with van der Waals surface area (Å²) in [4.78, 5) is 0. The van der Waals surface area contributed by atoms with E-state index in [1.165, 1.54) is 22.3 Å². The Balaban J connectivity index is 1.43. The largest absolute Gasteiger partial charge is 0.489 e. The van der Waals surface area contributed by atoms with Crippen molar-refractivity contribution in [3.63, 3.8) is 0 Å². The van der Waals surface area contributed by atoms with Crippen molar-refractivity contribution in [2.75, 3.05) is 6.54 Å². The van der Waals surface area contributed by atoms with E-state index >= 15 is 0 Å². The molecule has 0 spiro atoms. The van der Waals surface area contributed by atoms with Crippen molar-refractivity contribution < 1.29 is 4.74 Å². The Labute approximate surface area is 169 Å². The molecule has 0 saturated heterocycles. The van der Waals surface area contributed by atoms with Crippen LogP contribution in [0.25, 0.3) is 0 Å². The van der Waals surface area contributed by atoms with Gasteiger partial charge in [-0.2, -0.15) is 0 Å². The lowest BCUT2D eigenvalue weighted by molar-refractivity contribution is 0.306. The summed E-state index contributed by atoms with van der Waals surface area (Å²) >= 11 is 0. The van der Waals surface area contributed by atoms with E-state index in [2.05, 4.69) is 80.7 Å². The highest BCUT2D eigenvalue weighted by Crippen LogP contribution is 2.22. The number of rotatable bonds is 8.